The Balaban J connectivity index is 2.45. The normalized spacial score (nSPS) is 14.2. The lowest BCUT2D eigenvalue weighted by molar-refractivity contribution is 0.0880. The van der Waals surface area contributed by atoms with Gasteiger partial charge in [0.1, 0.15) is 11.4 Å². The van der Waals surface area contributed by atoms with Crippen LogP contribution in [0.15, 0.2) is 30.5 Å². The highest BCUT2D eigenvalue weighted by molar-refractivity contribution is 6.31. The van der Waals surface area contributed by atoms with Gasteiger partial charge < -0.3 is 9.84 Å². The van der Waals surface area contributed by atoms with E-state index < -0.39 is 11.4 Å². The summed E-state index contributed by atoms with van der Waals surface area (Å²) in [6.07, 6.45) is 1.46. The standard InChI is InChI=1S/C14H16ClFN2O2/c1-14(19,10-4-3-5-11(16)8-10)13-12(15)9-17-18(13)6-7-20-2/h3-5,8-9,19H,6-7H2,1-2H3. The van der Waals surface area contributed by atoms with Crippen LogP contribution in [0.25, 0.3) is 0 Å². The lowest BCUT2D eigenvalue weighted by Crippen LogP contribution is -2.28. The van der Waals surface area contributed by atoms with E-state index in [0.29, 0.717) is 29.4 Å². The summed E-state index contributed by atoms with van der Waals surface area (Å²) in [6.45, 7) is 2.45. The maximum absolute atomic E-state index is 13.4. The number of hydrogen-bond donors (Lipinski definition) is 1. The van der Waals surface area contributed by atoms with Gasteiger partial charge in [0.2, 0.25) is 0 Å². The molecule has 0 fully saturated rings. The van der Waals surface area contributed by atoms with E-state index in [2.05, 4.69) is 5.10 Å². The molecule has 1 N–H and O–H groups in total. The molecule has 2 aromatic rings. The average Bonchev–Trinajstić information content (AvgIpc) is 2.78. The third kappa shape index (κ3) is 2.85. The Labute approximate surface area is 121 Å². The lowest BCUT2D eigenvalue weighted by atomic mass is 9.92. The fourth-order valence-corrected chi connectivity index (χ4v) is 2.45. The number of nitrogens with zero attached hydrogens (tertiary/aromatic N) is 2. The van der Waals surface area contributed by atoms with Gasteiger partial charge >= 0.3 is 0 Å². The molecule has 6 heteroatoms. The van der Waals surface area contributed by atoms with Crippen LogP contribution in [-0.2, 0) is 16.9 Å². The summed E-state index contributed by atoms with van der Waals surface area (Å²) in [7, 11) is 1.58. The molecule has 0 radical (unpaired) electrons. The van der Waals surface area contributed by atoms with Crippen LogP contribution in [0.5, 0.6) is 0 Å². The van der Waals surface area contributed by atoms with Crippen molar-refractivity contribution in [1.29, 1.82) is 0 Å². The minimum absolute atomic E-state index is 0.329. The number of ether oxygens (including phenoxy) is 1. The van der Waals surface area contributed by atoms with E-state index in [9.17, 15) is 9.50 Å². The number of halogens is 2. The minimum Gasteiger partial charge on any atom is -0.383 e. The Kier molecular flexibility index (Phi) is 4.42. The molecule has 0 saturated heterocycles. The van der Waals surface area contributed by atoms with Crippen molar-refractivity contribution in [1.82, 2.24) is 9.78 Å². The minimum atomic E-state index is -1.44. The van der Waals surface area contributed by atoms with E-state index in [-0.39, 0.29) is 0 Å². The summed E-state index contributed by atoms with van der Waals surface area (Å²) in [5.41, 5.74) is -0.607. The van der Waals surface area contributed by atoms with Crippen LogP contribution in [0.4, 0.5) is 4.39 Å². The van der Waals surface area contributed by atoms with Crippen molar-refractivity contribution in [2.45, 2.75) is 19.1 Å². The predicted octanol–water partition coefficient (Wildman–Crippen LogP) is 2.58. The fraction of sp³-hybridized carbons (Fsp3) is 0.357. The molecule has 0 amide bonds. The molecule has 1 aromatic heterocycles. The zero-order chi connectivity index (χ0) is 14.8. The Hall–Kier alpha value is -1.43. The van der Waals surface area contributed by atoms with Gasteiger partial charge in [-0.3, -0.25) is 4.68 Å². The molecule has 1 aromatic carbocycles. The second kappa shape index (κ2) is 5.91. The van der Waals surface area contributed by atoms with Gasteiger partial charge in [-0.15, -0.1) is 0 Å². The predicted molar refractivity (Wildman–Crippen MR) is 74.2 cm³/mol. The van der Waals surface area contributed by atoms with E-state index in [0.717, 1.165) is 0 Å². The van der Waals surface area contributed by atoms with Crippen LogP contribution in [0.1, 0.15) is 18.2 Å². The molecule has 1 atom stereocenters. The number of aliphatic hydroxyl groups is 1. The van der Waals surface area contributed by atoms with E-state index in [1.165, 1.54) is 18.3 Å². The van der Waals surface area contributed by atoms with E-state index in [4.69, 9.17) is 16.3 Å². The number of benzene rings is 1. The van der Waals surface area contributed by atoms with E-state index >= 15 is 0 Å². The first-order chi connectivity index (χ1) is 9.46. The van der Waals surface area contributed by atoms with Crippen molar-refractivity contribution in [2.75, 3.05) is 13.7 Å². The maximum atomic E-state index is 13.4. The molecular weight excluding hydrogens is 283 g/mol. The molecule has 20 heavy (non-hydrogen) atoms. The van der Waals surface area contributed by atoms with Crippen molar-refractivity contribution < 1.29 is 14.2 Å². The van der Waals surface area contributed by atoms with E-state index in [1.807, 2.05) is 0 Å². The molecule has 0 bridgehead atoms. The molecule has 0 aliphatic heterocycles. The molecule has 1 heterocycles. The van der Waals surface area contributed by atoms with Gasteiger partial charge in [0.15, 0.2) is 0 Å². The smallest absolute Gasteiger partial charge is 0.130 e. The lowest BCUT2D eigenvalue weighted by Gasteiger charge is -2.25. The molecule has 0 aliphatic carbocycles. The maximum Gasteiger partial charge on any atom is 0.130 e. The molecule has 2 rings (SSSR count). The second-order valence-corrected chi connectivity index (χ2v) is 5.05. The summed E-state index contributed by atoms with van der Waals surface area (Å²) in [5.74, 6) is -0.415. The Morgan fingerprint density at radius 2 is 2.25 bits per heavy atom. The summed E-state index contributed by atoms with van der Waals surface area (Å²) in [6, 6.07) is 5.80. The molecular formula is C14H16ClFN2O2. The molecule has 4 nitrogen and oxygen atoms in total. The van der Waals surface area contributed by atoms with Gasteiger partial charge in [-0.25, -0.2) is 4.39 Å². The summed E-state index contributed by atoms with van der Waals surface area (Å²) in [4.78, 5) is 0. The van der Waals surface area contributed by atoms with Crippen molar-refractivity contribution in [3.8, 4) is 0 Å². The summed E-state index contributed by atoms with van der Waals surface area (Å²) < 4.78 is 19.9. The van der Waals surface area contributed by atoms with Crippen LogP contribution in [-0.4, -0.2) is 28.6 Å². The number of aromatic nitrogens is 2. The number of rotatable bonds is 5. The van der Waals surface area contributed by atoms with Crippen LogP contribution < -0.4 is 0 Å². The molecule has 0 spiro atoms. The van der Waals surface area contributed by atoms with Crippen LogP contribution in [0.2, 0.25) is 5.02 Å². The van der Waals surface area contributed by atoms with Gasteiger partial charge in [-0.05, 0) is 24.6 Å². The van der Waals surface area contributed by atoms with Gasteiger partial charge in [0, 0.05) is 7.11 Å². The summed E-state index contributed by atoms with van der Waals surface area (Å²) >= 11 is 6.12. The molecule has 108 valence electrons. The third-order valence-electron chi connectivity index (χ3n) is 3.15. The number of hydrogen-bond acceptors (Lipinski definition) is 3. The first-order valence-electron chi connectivity index (χ1n) is 6.16. The zero-order valence-electron chi connectivity index (χ0n) is 11.3. The highest BCUT2D eigenvalue weighted by Gasteiger charge is 2.32. The Bertz CT molecular complexity index is 599. The van der Waals surface area contributed by atoms with Crippen LogP contribution in [0, 0.1) is 5.82 Å². The Morgan fingerprint density at radius 1 is 1.50 bits per heavy atom. The highest BCUT2D eigenvalue weighted by atomic mass is 35.5. The van der Waals surface area contributed by atoms with Gasteiger partial charge in [0.25, 0.3) is 0 Å². The van der Waals surface area contributed by atoms with Crippen molar-refractivity contribution in [3.63, 3.8) is 0 Å². The highest BCUT2D eigenvalue weighted by Crippen LogP contribution is 2.34. The third-order valence-corrected chi connectivity index (χ3v) is 3.43. The SMILES string of the molecule is COCCn1ncc(Cl)c1C(C)(O)c1cccc(F)c1. The first-order valence-corrected chi connectivity index (χ1v) is 6.53. The first kappa shape index (κ1) is 15.0. The topological polar surface area (TPSA) is 47.3 Å². The van der Waals surface area contributed by atoms with Crippen molar-refractivity contribution >= 4 is 11.6 Å². The molecule has 0 aliphatic rings. The molecule has 1 unspecified atom stereocenters. The Morgan fingerprint density at radius 3 is 2.90 bits per heavy atom. The van der Waals surface area contributed by atoms with Gasteiger partial charge in [0.05, 0.1) is 30.1 Å². The van der Waals surface area contributed by atoms with Gasteiger partial charge in [-0.2, -0.15) is 5.10 Å². The number of methoxy groups -OCH3 is 1. The van der Waals surface area contributed by atoms with Gasteiger partial charge in [-0.1, -0.05) is 23.7 Å². The quantitative estimate of drug-likeness (QED) is 0.923. The van der Waals surface area contributed by atoms with E-state index in [1.54, 1.807) is 30.8 Å². The average molecular weight is 299 g/mol. The summed E-state index contributed by atoms with van der Waals surface area (Å²) in [5, 5.41) is 15.2. The van der Waals surface area contributed by atoms with Crippen molar-refractivity contribution in [2.24, 2.45) is 0 Å². The monoisotopic (exact) mass is 298 g/mol. The molecule has 0 saturated carbocycles. The van der Waals surface area contributed by atoms with Crippen LogP contribution in [0.3, 0.4) is 0 Å². The fourth-order valence-electron chi connectivity index (χ4n) is 2.12. The van der Waals surface area contributed by atoms with Crippen molar-refractivity contribution in [3.05, 3.63) is 52.6 Å². The second-order valence-electron chi connectivity index (χ2n) is 4.64. The van der Waals surface area contributed by atoms with Crippen LogP contribution >= 0.6 is 11.6 Å². The largest absolute Gasteiger partial charge is 0.383 e. The zero-order valence-corrected chi connectivity index (χ0v) is 12.1.